The highest BCUT2D eigenvalue weighted by atomic mass is 79.9. The van der Waals surface area contributed by atoms with E-state index in [9.17, 15) is 0 Å². The van der Waals surface area contributed by atoms with E-state index >= 15 is 0 Å². The minimum atomic E-state index is 0.710. The Morgan fingerprint density at radius 3 is 2.58 bits per heavy atom. The second-order valence-corrected chi connectivity index (χ2v) is 5.85. The Kier molecular flexibility index (Phi) is 3.48. The lowest BCUT2D eigenvalue weighted by atomic mass is 10.1. The molecule has 2 aromatic heterocycles. The third-order valence-electron chi connectivity index (χ3n) is 2.78. The number of benzene rings is 1. The van der Waals surface area contributed by atoms with Crippen LogP contribution in [0.25, 0.3) is 10.8 Å². The number of halogens is 1. The van der Waals surface area contributed by atoms with Gasteiger partial charge in [-0.3, -0.25) is 0 Å². The maximum Gasteiger partial charge on any atom is 0.193 e. The quantitative estimate of drug-likeness (QED) is 0.658. The number of fused-ring (bicyclic) bond motifs is 1. The highest BCUT2D eigenvalue weighted by molar-refractivity contribution is 9.10. The van der Waals surface area contributed by atoms with E-state index in [4.69, 9.17) is 0 Å². The van der Waals surface area contributed by atoms with Gasteiger partial charge in [-0.15, -0.1) is 0 Å². The SMILES string of the molecule is Cc1ccc(Br)c2ccnc(Sc3ncccn3)c12. The van der Waals surface area contributed by atoms with Gasteiger partial charge in [-0.2, -0.15) is 0 Å². The number of aryl methyl sites for hydroxylation is 1. The number of hydrogen-bond donors (Lipinski definition) is 0. The average Bonchev–Trinajstić information content (AvgIpc) is 2.44. The number of hydrogen-bond acceptors (Lipinski definition) is 4. The molecule has 1 aromatic carbocycles. The summed E-state index contributed by atoms with van der Waals surface area (Å²) in [5.41, 5.74) is 1.20. The van der Waals surface area contributed by atoms with Gasteiger partial charge in [0, 0.05) is 33.8 Å². The molecule has 0 spiro atoms. The van der Waals surface area contributed by atoms with Crippen LogP contribution in [0.15, 0.2) is 57.5 Å². The number of nitrogens with zero attached hydrogens (tertiary/aromatic N) is 3. The second kappa shape index (κ2) is 5.27. The minimum Gasteiger partial charge on any atom is -0.249 e. The first kappa shape index (κ1) is 12.6. The summed E-state index contributed by atoms with van der Waals surface area (Å²) in [7, 11) is 0. The number of aromatic nitrogens is 3. The first-order chi connectivity index (χ1) is 9.25. The van der Waals surface area contributed by atoms with E-state index in [1.165, 1.54) is 17.3 Å². The number of pyridine rings is 1. The molecule has 94 valence electrons. The molecular formula is C14H10BrN3S. The van der Waals surface area contributed by atoms with Gasteiger partial charge in [0.25, 0.3) is 0 Å². The fraction of sp³-hybridized carbons (Fsp3) is 0.0714. The van der Waals surface area contributed by atoms with Gasteiger partial charge in [0.05, 0.1) is 0 Å². The molecule has 0 aliphatic carbocycles. The molecule has 0 aliphatic rings. The first-order valence-electron chi connectivity index (χ1n) is 5.74. The zero-order valence-corrected chi connectivity index (χ0v) is 12.6. The fourth-order valence-corrected chi connectivity index (χ4v) is 3.25. The van der Waals surface area contributed by atoms with Crippen LogP contribution in [0.3, 0.4) is 0 Å². The number of rotatable bonds is 2. The van der Waals surface area contributed by atoms with Gasteiger partial charge >= 0.3 is 0 Å². The van der Waals surface area contributed by atoms with E-state index < -0.39 is 0 Å². The molecule has 3 rings (SSSR count). The average molecular weight is 332 g/mol. The predicted molar refractivity (Wildman–Crippen MR) is 80.3 cm³/mol. The molecule has 3 nitrogen and oxygen atoms in total. The molecule has 0 aliphatic heterocycles. The van der Waals surface area contributed by atoms with Gasteiger partial charge < -0.3 is 0 Å². The highest BCUT2D eigenvalue weighted by Gasteiger charge is 2.10. The van der Waals surface area contributed by atoms with Crippen molar-refractivity contribution >= 4 is 38.5 Å². The molecule has 0 saturated heterocycles. The molecule has 3 aromatic rings. The van der Waals surface area contributed by atoms with Crippen molar-refractivity contribution in [3.8, 4) is 0 Å². The molecule has 0 saturated carbocycles. The molecule has 0 bridgehead atoms. The monoisotopic (exact) mass is 331 g/mol. The van der Waals surface area contributed by atoms with Crippen molar-refractivity contribution in [2.75, 3.05) is 0 Å². The molecule has 0 unspecified atom stereocenters. The van der Waals surface area contributed by atoms with E-state index in [0.717, 1.165) is 20.3 Å². The van der Waals surface area contributed by atoms with Crippen molar-refractivity contribution in [1.82, 2.24) is 15.0 Å². The van der Waals surface area contributed by atoms with Crippen molar-refractivity contribution < 1.29 is 0 Å². The van der Waals surface area contributed by atoms with Gasteiger partial charge in [0.15, 0.2) is 5.16 Å². The summed E-state index contributed by atoms with van der Waals surface area (Å²) in [5, 5.41) is 3.95. The molecule has 0 amide bonds. The van der Waals surface area contributed by atoms with E-state index in [-0.39, 0.29) is 0 Å². The van der Waals surface area contributed by atoms with Crippen LogP contribution >= 0.6 is 27.7 Å². The Morgan fingerprint density at radius 1 is 1.00 bits per heavy atom. The van der Waals surface area contributed by atoms with Gasteiger partial charge in [-0.25, -0.2) is 15.0 Å². The van der Waals surface area contributed by atoms with Crippen molar-refractivity contribution in [2.24, 2.45) is 0 Å². The zero-order valence-electron chi connectivity index (χ0n) is 10.2. The lowest BCUT2D eigenvalue weighted by Gasteiger charge is -2.08. The van der Waals surface area contributed by atoms with Crippen LogP contribution < -0.4 is 0 Å². The molecular weight excluding hydrogens is 322 g/mol. The smallest absolute Gasteiger partial charge is 0.193 e. The molecule has 0 N–H and O–H groups in total. The Bertz CT molecular complexity index is 731. The molecule has 2 heterocycles. The van der Waals surface area contributed by atoms with Crippen molar-refractivity contribution in [3.05, 3.63) is 52.9 Å². The van der Waals surface area contributed by atoms with Crippen molar-refractivity contribution in [2.45, 2.75) is 17.1 Å². The normalized spacial score (nSPS) is 10.8. The molecule has 19 heavy (non-hydrogen) atoms. The van der Waals surface area contributed by atoms with Gasteiger partial charge in [-0.1, -0.05) is 22.0 Å². The van der Waals surface area contributed by atoms with Gasteiger partial charge in [0.1, 0.15) is 5.03 Å². The molecule has 0 fully saturated rings. The van der Waals surface area contributed by atoms with Crippen molar-refractivity contribution in [1.29, 1.82) is 0 Å². The van der Waals surface area contributed by atoms with E-state index in [1.54, 1.807) is 12.4 Å². The van der Waals surface area contributed by atoms with Crippen LogP contribution in [-0.2, 0) is 0 Å². The maximum absolute atomic E-state index is 4.47. The van der Waals surface area contributed by atoms with E-state index in [2.05, 4.69) is 49.9 Å². The Labute approximate surface area is 123 Å². The summed E-state index contributed by atoms with van der Waals surface area (Å²) in [5.74, 6) is 0. The van der Waals surface area contributed by atoms with Gasteiger partial charge in [0.2, 0.25) is 0 Å². The minimum absolute atomic E-state index is 0.710. The summed E-state index contributed by atoms with van der Waals surface area (Å²) < 4.78 is 1.08. The summed E-state index contributed by atoms with van der Waals surface area (Å²) in [6.45, 7) is 2.09. The van der Waals surface area contributed by atoms with Crippen LogP contribution in [0.2, 0.25) is 0 Å². The highest BCUT2D eigenvalue weighted by Crippen LogP contribution is 2.34. The largest absolute Gasteiger partial charge is 0.249 e. The Morgan fingerprint density at radius 2 is 1.79 bits per heavy atom. The Hall–Kier alpha value is -1.46. The maximum atomic E-state index is 4.47. The summed E-state index contributed by atoms with van der Waals surface area (Å²) in [6.07, 6.45) is 5.30. The summed E-state index contributed by atoms with van der Waals surface area (Å²) >= 11 is 5.07. The second-order valence-electron chi connectivity index (χ2n) is 4.04. The predicted octanol–water partition coefficient (Wildman–Crippen LogP) is 4.25. The van der Waals surface area contributed by atoms with E-state index in [0.29, 0.717) is 5.16 Å². The lowest BCUT2D eigenvalue weighted by Crippen LogP contribution is -1.89. The van der Waals surface area contributed by atoms with Crippen LogP contribution in [0.1, 0.15) is 5.56 Å². The van der Waals surface area contributed by atoms with Gasteiger partial charge in [-0.05, 0) is 42.4 Å². The first-order valence-corrected chi connectivity index (χ1v) is 7.35. The standard InChI is InChI=1S/C14H10BrN3S/c1-9-3-4-11(15)10-5-8-16-13(12(9)10)19-14-17-6-2-7-18-14/h2-8H,1H3. The third kappa shape index (κ3) is 2.48. The molecule has 5 heteroatoms. The van der Waals surface area contributed by atoms with Crippen LogP contribution in [-0.4, -0.2) is 15.0 Å². The molecule has 0 atom stereocenters. The zero-order chi connectivity index (χ0) is 13.2. The topological polar surface area (TPSA) is 38.7 Å². The summed E-state index contributed by atoms with van der Waals surface area (Å²) in [6, 6.07) is 7.97. The fourth-order valence-electron chi connectivity index (χ4n) is 1.90. The van der Waals surface area contributed by atoms with E-state index in [1.807, 2.05) is 18.3 Å². The Balaban J connectivity index is 2.17. The molecule has 0 radical (unpaired) electrons. The van der Waals surface area contributed by atoms with Crippen molar-refractivity contribution in [3.63, 3.8) is 0 Å². The summed E-state index contributed by atoms with van der Waals surface area (Å²) in [4.78, 5) is 12.9. The van der Waals surface area contributed by atoms with Crippen LogP contribution in [0, 0.1) is 6.92 Å². The van der Waals surface area contributed by atoms with Crippen LogP contribution in [0.5, 0.6) is 0 Å². The van der Waals surface area contributed by atoms with Crippen LogP contribution in [0.4, 0.5) is 0 Å². The third-order valence-corrected chi connectivity index (χ3v) is 4.37. The lowest BCUT2D eigenvalue weighted by molar-refractivity contribution is 0.962.